The van der Waals surface area contributed by atoms with Crippen LogP contribution in [0.3, 0.4) is 0 Å². The normalized spacial score (nSPS) is 12.6. The molecule has 2 amide bonds. The fraction of sp³-hybridized carbons (Fsp3) is 0.316. The zero-order valence-electron chi connectivity index (χ0n) is 16.1. The lowest BCUT2D eigenvalue weighted by Gasteiger charge is -2.11. The molecule has 0 aliphatic carbocycles. The number of benzene rings is 1. The minimum absolute atomic E-state index is 0.0556. The second-order valence-corrected chi connectivity index (χ2v) is 7.43. The number of amides is 2. The first-order valence-corrected chi connectivity index (χ1v) is 8.77. The smallest absolute Gasteiger partial charge is 0.272 e. The highest BCUT2D eigenvalue weighted by atomic mass is 16.5. The van der Waals surface area contributed by atoms with Gasteiger partial charge >= 0.3 is 0 Å². The Bertz CT molecular complexity index is 1000. The SMILES string of the molecule is CC(NC(=O)c1cc(C(N)=O)n(-c2ccccc2)n1)c1nc(C(C)(C)C)no1. The summed E-state index contributed by atoms with van der Waals surface area (Å²) in [4.78, 5) is 28.7. The lowest BCUT2D eigenvalue weighted by molar-refractivity contribution is 0.0926. The van der Waals surface area contributed by atoms with Crippen molar-refractivity contribution < 1.29 is 14.1 Å². The van der Waals surface area contributed by atoms with Crippen LogP contribution >= 0.6 is 0 Å². The fourth-order valence-corrected chi connectivity index (χ4v) is 2.48. The predicted molar refractivity (Wildman–Crippen MR) is 101 cm³/mol. The average molecular weight is 382 g/mol. The van der Waals surface area contributed by atoms with Crippen LogP contribution in [0.4, 0.5) is 0 Å². The van der Waals surface area contributed by atoms with Crippen molar-refractivity contribution in [2.75, 3.05) is 0 Å². The molecule has 0 fully saturated rings. The number of rotatable bonds is 5. The van der Waals surface area contributed by atoms with Gasteiger partial charge in [0.15, 0.2) is 11.5 Å². The average Bonchev–Trinajstić information content (AvgIpc) is 3.30. The van der Waals surface area contributed by atoms with Crippen molar-refractivity contribution in [3.8, 4) is 5.69 Å². The van der Waals surface area contributed by atoms with Gasteiger partial charge in [0.05, 0.1) is 5.69 Å². The molecule has 3 N–H and O–H groups in total. The molecule has 2 heterocycles. The van der Waals surface area contributed by atoms with Gasteiger partial charge in [0.1, 0.15) is 11.7 Å². The van der Waals surface area contributed by atoms with Crippen LogP contribution in [0.5, 0.6) is 0 Å². The van der Waals surface area contributed by atoms with Gasteiger partial charge in [-0.25, -0.2) is 4.68 Å². The maximum Gasteiger partial charge on any atom is 0.272 e. The number of hydrogen-bond donors (Lipinski definition) is 2. The first-order chi connectivity index (χ1) is 13.2. The molecule has 1 atom stereocenters. The lowest BCUT2D eigenvalue weighted by Crippen LogP contribution is -2.27. The van der Waals surface area contributed by atoms with Crippen molar-refractivity contribution in [2.24, 2.45) is 5.73 Å². The molecule has 0 aliphatic heterocycles. The van der Waals surface area contributed by atoms with E-state index < -0.39 is 17.9 Å². The Morgan fingerprint density at radius 1 is 1.21 bits per heavy atom. The minimum atomic E-state index is -0.685. The number of primary amides is 1. The third-order valence-electron chi connectivity index (χ3n) is 4.03. The fourth-order valence-electron chi connectivity index (χ4n) is 2.48. The predicted octanol–water partition coefficient (Wildman–Crippen LogP) is 2.14. The number of aromatic nitrogens is 4. The molecule has 0 saturated heterocycles. The van der Waals surface area contributed by atoms with E-state index in [0.29, 0.717) is 11.5 Å². The molecule has 28 heavy (non-hydrogen) atoms. The molecule has 0 spiro atoms. The van der Waals surface area contributed by atoms with Crippen molar-refractivity contribution in [1.82, 2.24) is 25.2 Å². The molecule has 9 nitrogen and oxygen atoms in total. The van der Waals surface area contributed by atoms with Gasteiger partial charge in [-0.3, -0.25) is 9.59 Å². The zero-order chi connectivity index (χ0) is 20.5. The summed E-state index contributed by atoms with van der Waals surface area (Å²) in [6.07, 6.45) is 0. The van der Waals surface area contributed by atoms with Gasteiger partial charge in [-0.2, -0.15) is 10.1 Å². The summed E-state index contributed by atoms with van der Waals surface area (Å²) in [7, 11) is 0. The quantitative estimate of drug-likeness (QED) is 0.695. The van der Waals surface area contributed by atoms with E-state index in [-0.39, 0.29) is 22.7 Å². The molecular formula is C19H22N6O3. The van der Waals surface area contributed by atoms with E-state index in [0.717, 1.165) is 0 Å². The van der Waals surface area contributed by atoms with Crippen LogP contribution in [0.15, 0.2) is 40.9 Å². The van der Waals surface area contributed by atoms with E-state index in [1.54, 1.807) is 31.2 Å². The van der Waals surface area contributed by atoms with Crippen molar-refractivity contribution >= 4 is 11.8 Å². The summed E-state index contributed by atoms with van der Waals surface area (Å²) in [5, 5.41) is 10.9. The van der Waals surface area contributed by atoms with Crippen LogP contribution in [0, 0.1) is 0 Å². The van der Waals surface area contributed by atoms with Crippen LogP contribution in [0.25, 0.3) is 5.69 Å². The number of hydrogen-bond acceptors (Lipinski definition) is 6. The van der Waals surface area contributed by atoms with Gasteiger partial charge in [0, 0.05) is 11.5 Å². The Hall–Kier alpha value is -3.49. The summed E-state index contributed by atoms with van der Waals surface area (Å²) < 4.78 is 6.59. The standard InChI is InChI=1S/C19H22N6O3/c1-11(17-22-18(24-28-17)19(2,3)4)21-16(27)13-10-14(15(20)26)25(23-13)12-8-6-5-7-9-12/h5-11H,1-4H3,(H2,20,26)(H,21,27). The molecule has 1 aromatic carbocycles. The Kier molecular flexibility index (Phi) is 5.00. The highest BCUT2D eigenvalue weighted by Gasteiger charge is 2.25. The van der Waals surface area contributed by atoms with E-state index in [4.69, 9.17) is 10.3 Å². The van der Waals surface area contributed by atoms with Crippen molar-refractivity contribution in [3.05, 3.63) is 59.5 Å². The van der Waals surface area contributed by atoms with Gasteiger partial charge in [-0.1, -0.05) is 44.1 Å². The van der Waals surface area contributed by atoms with Crippen molar-refractivity contribution in [3.63, 3.8) is 0 Å². The van der Waals surface area contributed by atoms with Gasteiger partial charge in [-0.05, 0) is 19.1 Å². The Morgan fingerprint density at radius 3 is 2.46 bits per heavy atom. The van der Waals surface area contributed by atoms with Crippen LogP contribution in [-0.4, -0.2) is 31.7 Å². The lowest BCUT2D eigenvalue weighted by atomic mass is 9.96. The maximum atomic E-state index is 12.6. The number of nitrogens with zero attached hydrogens (tertiary/aromatic N) is 4. The largest absolute Gasteiger partial charge is 0.364 e. The summed E-state index contributed by atoms with van der Waals surface area (Å²) in [5.74, 6) is -0.334. The first-order valence-electron chi connectivity index (χ1n) is 8.77. The van der Waals surface area contributed by atoms with Crippen LogP contribution in [0.1, 0.15) is 66.4 Å². The highest BCUT2D eigenvalue weighted by molar-refractivity contribution is 5.97. The molecule has 3 rings (SSSR count). The monoisotopic (exact) mass is 382 g/mol. The molecule has 3 aromatic rings. The van der Waals surface area contributed by atoms with E-state index >= 15 is 0 Å². The molecule has 0 aliphatic rings. The summed E-state index contributed by atoms with van der Waals surface area (Å²) >= 11 is 0. The van der Waals surface area contributed by atoms with Gasteiger partial charge in [-0.15, -0.1) is 0 Å². The van der Waals surface area contributed by atoms with E-state index in [9.17, 15) is 9.59 Å². The molecule has 1 unspecified atom stereocenters. The number of nitrogens with two attached hydrogens (primary N) is 1. The summed E-state index contributed by atoms with van der Waals surface area (Å²) in [6.45, 7) is 7.62. The summed E-state index contributed by atoms with van der Waals surface area (Å²) in [6, 6.07) is 9.77. The first kappa shape index (κ1) is 19.3. The number of para-hydroxylation sites is 1. The molecule has 146 valence electrons. The minimum Gasteiger partial charge on any atom is -0.364 e. The Labute approximate surface area is 161 Å². The Morgan fingerprint density at radius 2 is 1.89 bits per heavy atom. The Balaban J connectivity index is 1.83. The van der Waals surface area contributed by atoms with E-state index in [1.807, 2.05) is 26.8 Å². The third kappa shape index (κ3) is 3.93. The zero-order valence-corrected chi connectivity index (χ0v) is 16.1. The van der Waals surface area contributed by atoms with Crippen LogP contribution in [-0.2, 0) is 5.41 Å². The van der Waals surface area contributed by atoms with E-state index in [2.05, 4.69) is 20.6 Å². The maximum absolute atomic E-state index is 12.6. The van der Waals surface area contributed by atoms with Gasteiger partial charge < -0.3 is 15.6 Å². The molecule has 2 aromatic heterocycles. The van der Waals surface area contributed by atoms with Gasteiger partial charge in [0.2, 0.25) is 5.89 Å². The molecule has 9 heteroatoms. The number of carbonyl (C=O) groups excluding carboxylic acids is 2. The van der Waals surface area contributed by atoms with Gasteiger partial charge in [0.25, 0.3) is 11.8 Å². The molecular weight excluding hydrogens is 360 g/mol. The topological polar surface area (TPSA) is 129 Å². The molecule has 0 radical (unpaired) electrons. The van der Waals surface area contributed by atoms with Crippen molar-refractivity contribution in [2.45, 2.75) is 39.2 Å². The van der Waals surface area contributed by atoms with Crippen molar-refractivity contribution in [1.29, 1.82) is 0 Å². The second-order valence-electron chi connectivity index (χ2n) is 7.43. The molecule has 0 bridgehead atoms. The highest BCUT2D eigenvalue weighted by Crippen LogP contribution is 2.21. The van der Waals surface area contributed by atoms with Crippen LogP contribution in [0.2, 0.25) is 0 Å². The third-order valence-corrected chi connectivity index (χ3v) is 4.03. The number of nitrogens with one attached hydrogen (secondary N) is 1. The molecule has 0 saturated carbocycles. The van der Waals surface area contributed by atoms with E-state index in [1.165, 1.54) is 10.7 Å². The second kappa shape index (κ2) is 7.26. The summed E-state index contributed by atoms with van der Waals surface area (Å²) in [5.41, 5.74) is 5.95. The number of carbonyl (C=O) groups is 2. The van der Waals surface area contributed by atoms with Crippen LogP contribution < -0.4 is 11.1 Å².